The Labute approximate surface area is 129 Å². The lowest BCUT2D eigenvalue weighted by molar-refractivity contribution is -0.523. The first-order valence-electron chi connectivity index (χ1n) is 6.85. The number of amides is 1. The van der Waals surface area contributed by atoms with Gasteiger partial charge in [0.05, 0.1) is 6.10 Å². The number of rotatable bonds is 6. The van der Waals surface area contributed by atoms with E-state index in [0.29, 0.717) is 19.1 Å². The maximum absolute atomic E-state index is 10.5. The third kappa shape index (κ3) is 9.60. The number of primary amides is 1. The van der Waals surface area contributed by atoms with Crippen LogP contribution in [-0.2, 0) is 14.3 Å². The van der Waals surface area contributed by atoms with Crippen LogP contribution in [0.5, 0.6) is 0 Å². The van der Waals surface area contributed by atoms with Gasteiger partial charge in [-0.25, -0.2) is 0 Å². The zero-order valence-corrected chi connectivity index (χ0v) is 12.8. The van der Waals surface area contributed by atoms with Crippen LogP contribution in [0.4, 0.5) is 0 Å². The summed E-state index contributed by atoms with van der Waals surface area (Å²) in [4.78, 5) is 30.3. The summed E-state index contributed by atoms with van der Waals surface area (Å²) in [5, 5.41) is 10.5. The van der Waals surface area contributed by atoms with Crippen molar-refractivity contribution in [2.45, 2.75) is 38.3 Å². The van der Waals surface area contributed by atoms with Crippen molar-refractivity contribution in [3.8, 4) is 0 Å². The molecule has 0 saturated carbocycles. The minimum Gasteiger partial charge on any atom is -0.378 e. The number of carbonyl (C=O) groups is 2. The van der Waals surface area contributed by atoms with Gasteiger partial charge in [-0.1, -0.05) is 18.2 Å². The van der Waals surface area contributed by atoms with Gasteiger partial charge in [0.1, 0.15) is 6.29 Å². The van der Waals surface area contributed by atoms with Gasteiger partial charge in [0, 0.05) is 31.0 Å². The van der Waals surface area contributed by atoms with Gasteiger partial charge < -0.3 is 10.5 Å². The Morgan fingerprint density at radius 2 is 2.27 bits per heavy atom. The molecule has 0 spiro atoms. The monoisotopic (exact) mass is 310 g/mol. The van der Waals surface area contributed by atoms with E-state index in [-0.39, 0.29) is 11.0 Å². The van der Waals surface area contributed by atoms with Crippen molar-refractivity contribution in [2.75, 3.05) is 7.11 Å². The highest BCUT2D eigenvalue weighted by Crippen LogP contribution is 2.20. The lowest BCUT2D eigenvalue weighted by Gasteiger charge is -2.13. The van der Waals surface area contributed by atoms with Crippen molar-refractivity contribution in [3.05, 3.63) is 46.1 Å². The minimum absolute atomic E-state index is 0.0440. The molecule has 1 aliphatic rings. The average Bonchev–Trinajstić information content (AvgIpc) is 2.51. The van der Waals surface area contributed by atoms with E-state index in [2.05, 4.69) is 0 Å². The molecule has 7 heteroatoms. The average molecular weight is 310 g/mol. The quantitative estimate of drug-likeness (QED) is 0.346. The van der Waals surface area contributed by atoms with Gasteiger partial charge in [-0.05, 0) is 25.0 Å². The topological polar surface area (TPSA) is 113 Å². The fourth-order valence-electron chi connectivity index (χ4n) is 1.71. The number of nitrogens with two attached hydrogens (primary N) is 1. The Kier molecular flexibility index (Phi) is 10.2. The van der Waals surface area contributed by atoms with Crippen molar-refractivity contribution < 1.29 is 19.2 Å². The fraction of sp³-hybridized carbons (Fsp3) is 0.467. The summed E-state index contributed by atoms with van der Waals surface area (Å²) in [5.41, 5.74) is 5.70. The van der Waals surface area contributed by atoms with Crippen molar-refractivity contribution in [1.82, 2.24) is 0 Å². The zero-order valence-electron chi connectivity index (χ0n) is 12.8. The first-order chi connectivity index (χ1) is 10.4. The molecule has 0 heterocycles. The first-order valence-corrected chi connectivity index (χ1v) is 6.85. The number of hydrogen-bond donors (Lipinski definition) is 1. The Morgan fingerprint density at radius 3 is 2.77 bits per heavy atom. The van der Waals surface area contributed by atoms with E-state index in [1.165, 1.54) is 12.2 Å². The van der Waals surface area contributed by atoms with Crippen molar-refractivity contribution in [3.63, 3.8) is 0 Å². The third-order valence-electron chi connectivity index (χ3n) is 2.97. The molecule has 1 amide bonds. The molecule has 0 bridgehead atoms. The number of ether oxygens (including phenoxy) is 1. The molecule has 2 unspecified atom stereocenters. The fourth-order valence-corrected chi connectivity index (χ4v) is 1.71. The summed E-state index contributed by atoms with van der Waals surface area (Å²) >= 11 is 0. The van der Waals surface area contributed by atoms with Crippen LogP contribution in [0.3, 0.4) is 0 Å². The predicted molar refractivity (Wildman–Crippen MR) is 82.7 cm³/mol. The van der Waals surface area contributed by atoms with Gasteiger partial charge in [-0.2, -0.15) is 0 Å². The zero-order chi connectivity index (χ0) is 17.0. The van der Waals surface area contributed by atoms with Crippen LogP contribution >= 0.6 is 0 Å². The Bertz CT molecular complexity index is 469. The first kappa shape index (κ1) is 19.7. The molecule has 2 N–H and O–H groups in total. The van der Waals surface area contributed by atoms with E-state index in [1.807, 2.05) is 13.0 Å². The van der Waals surface area contributed by atoms with Crippen LogP contribution < -0.4 is 5.73 Å². The summed E-state index contributed by atoms with van der Waals surface area (Å²) < 4.78 is 4.81. The summed E-state index contributed by atoms with van der Waals surface area (Å²) in [5.74, 6) is -0.445. The van der Waals surface area contributed by atoms with E-state index >= 15 is 0 Å². The number of nitrogens with zero attached hydrogens (tertiary/aromatic N) is 1. The Balaban J connectivity index is 0.000000433. The van der Waals surface area contributed by atoms with Crippen molar-refractivity contribution >= 4 is 12.2 Å². The van der Waals surface area contributed by atoms with E-state index in [1.54, 1.807) is 19.3 Å². The highest BCUT2D eigenvalue weighted by atomic mass is 16.6. The Morgan fingerprint density at radius 1 is 1.59 bits per heavy atom. The van der Waals surface area contributed by atoms with Gasteiger partial charge in [0.2, 0.25) is 11.9 Å². The number of hydrogen-bond acceptors (Lipinski definition) is 5. The van der Waals surface area contributed by atoms with Gasteiger partial charge in [-0.3, -0.25) is 19.7 Å². The summed E-state index contributed by atoms with van der Waals surface area (Å²) in [6.07, 6.45) is 10.2. The molecule has 0 fully saturated rings. The van der Waals surface area contributed by atoms with Gasteiger partial charge in [0.15, 0.2) is 0 Å². The van der Waals surface area contributed by atoms with Gasteiger partial charge >= 0.3 is 0 Å². The number of carbonyl (C=O) groups excluding carboxylic acids is 2. The van der Waals surface area contributed by atoms with E-state index < -0.39 is 11.9 Å². The van der Waals surface area contributed by atoms with Crippen LogP contribution in [0, 0.1) is 10.1 Å². The highest BCUT2D eigenvalue weighted by Gasteiger charge is 2.23. The third-order valence-corrected chi connectivity index (χ3v) is 2.97. The van der Waals surface area contributed by atoms with Gasteiger partial charge in [0.25, 0.3) is 0 Å². The lowest BCUT2D eigenvalue weighted by Crippen LogP contribution is -2.21. The Hall–Kier alpha value is -2.28. The second kappa shape index (κ2) is 11.4. The molecule has 1 rings (SSSR count). The summed E-state index contributed by atoms with van der Waals surface area (Å²) in [7, 11) is 1.57. The standard InChI is InChI=1S/C9H11NO3.C6H11NO2/c11-6-2-4-8-3-1-5-9(7-8)10(12)13;1-5(9-2)3-4-6(7)8/h2-4,6,9H,1,5,7H2;3-5H,1-2H3,(H2,7,8)/b4-2+;4-3-. The molecule has 0 aliphatic heterocycles. The number of aldehydes is 1. The second-order valence-electron chi connectivity index (χ2n) is 4.70. The normalized spacial score (nSPS) is 19.2. The molecule has 0 saturated heterocycles. The summed E-state index contributed by atoms with van der Waals surface area (Å²) in [6.45, 7) is 1.82. The molecular formula is C15H22N2O5. The molecule has 2 atom stereocenters. The molecule has 122 valence electrons. The van der Waals surface area contributed by atoms with Gasteiger partial charge in [-0.15, -0.1) is 0 Å². The smallest absolute Gasteiger partial charge is 0.241 e. The molecule has 22 heavy (non-hydrogen) atoms. The molecule has 0 aromatic carbocycles. The van der Waals surface area contributed by atoms with E-state index in [9.17, 15) is 19.7 Å². The second-order valence-corrected chi connectivity index (χ2v) is 4.70. The maximum Gasteiger partial charge on any atom is 0.241 e. The maximum atomic E-state index is 10.5. The summed E-state index contributed by atoms with van der Waals surface area (Å²) in [6, 6.07) is -0.476. The molecular weight excluding hydrogens is 288 g/mol. The van der Waals surface area contributed by atoms with Crippen LogP contribution in [-0.4, -0.2) is 36.4 Å². The van der Waals surface area contributed by atoms with E-state index in [4.69, 9.17) is 10.5 Å². The van der Waals surface area contributed by atoms with Crippen LogP contribution in [0.2, 0.25) is 0 Å². The highest BCUT2D eigenvalue weighted by molar-refractivity contribution is 5.85. The molecule has 7 nitrogen and oxygen atoms in total. The lowest BCUT2D eigenvalue weighted by atomic mass is 9.95. The van der Waals surface area contributed by atoms with Crippen molar-refractivity contribution in [1.29, 1.82) is 0 Å². The number of methoxy groups -OCH3 is 1. The number of allylic oxidation sites excluding steroid dienone is 3. The number of nitro groups is 1. The molecule has 0 aromatic heterocycles. The molecule has 0 radical (unpaired) electrons. The van der Waals surface area contributed by atoms with Crippen LogP contribution in [0.1, 0.15) is 26.2 Å². The SMILES string of the molecule is COC(C)/C=C\C(N)=O.O=C/C=C/C1=CCCC([N+](=O)[O-])C1. The molecule has 0 aromatic rings. The molecule has 1 aliphatic carbocycles. The van der Waals surface area contributed by atoms with Crippen LogP contribution in [0.25, 0.3) is 0 Å². The minimum atomic E-state index is -0.476. The van der Waals surface area contributed by atoms with Crippen LogP contribution in [0.15, 0.2) is 36.0 Å². The van der Waals surface area contributed by atoms with E-state index in [0.717, 1.165) is 12.0 Å². The predicted octanol–water partition coefficient (Wildman–Crippen LogP) is 1.56. The van der Waals surface area contributed by atoms with Crippen molar-refractivity contribution in [2.24, 2.45) is 5.73 Å². The largest absolute Gasteiger partial charge is 0.378 e.